The first-order chi connectivity index (χ1) is 9.26. The third kappa shape index (κ3) is 2.69. The first-order valence-electron chi connectivity index (χ1n) is 6.59. The van der Waals surface area contributed by atoms with Crippen LogP contribution in [0, 0.1) is 17.2 Å². The smallest absolute Gasteiger partial charge is 0.0991 e. The summed E-state index contributed by atoms with van der Waals surface area (Å²) >= 11 is 0. The van der Waals surface area contributed by atoms with Crippen molar-refractivity contribution in [3.05, 3.63) is 59.4 Å². The van der Waals surface area contributed by atoms with Crippen molar-refractivity contribution in [3.8, 4) is 6.07 Å². The Morgan fingerprint density at radius 2 is 2.00 bits per heavy atom. The number of nitrogens with zero attached hydrogens (tertiary/aromatic N) is 2. The molecule has 0 saturated heterocycles. The lowest BCUT2D eigenvalue weighted by atomic mass is 10.1. The number of aromatic nitrogens is 1. The first-order valence-corrected chi connectivity index (χ1v) is 6.59. The maximum Gasteiger partial charge on any atom is 0.0991 e. The standard InChI is InChI=1S/C16H16N2O/c17-9-12-1-3-13(4-2-12)10-18-8-7-15(11-18)16(19)14-5-6-14/h1-4,7-8,11,14,16,19H,5-6,10H2. The van der Waals surface area contributed by atoms with Crippen molar-refractivity contribution in [2.75, 3.05) is 0 Å². The Labute approximate surface area is 112 Å². The molecule has 3 rings (SSSR count). The van der Waals surface area contributed by atoms with Crippen molar-refractivity contribution < 1.29 is 5.11 Å². The minimum absolute atomic E-state index is 0.304. The maximum absolute atomic E-state index is 10.1. The van der Waals surface area contributed by atoms with Gasteiger partial charge in [0.15, 0.2) is 0 Å². The van der Waals surface area contributed by atoms with Crippen molar-refractivity contribution in [3.63, 3.8) is 0 Å². The number of aliphatic hydroxyl groups is 1. The number of nitriles is 1. The second-order valence-electron chi connectivity index (χ2n) is 5.21. The molecular weight excluding hydrogens is 236 g/mol. The zero-order valence-corrected chi connectivity index (χ0v) is 10.7. The Morgan fingerprint density at radius 3 is 2.63 bits per heavy atom. The van der Waals surface area contributed by atoms with Crippen LogP contribution in [-0.2, 0) is 6.54 Å². The van der Waals surface area contributed by atoms with Crippen molar-refractivity contribution in [2.45, 2.75) is 25.5 Å². The van der Waals surface area contributed by atoms with Gasteiger partial charge in [-0.1, -0.05) is 12.1 Å². The predicted octanol–water partition coefficient (Wildman–Crippen LogP) is 2.85. The van der Waals surface area contributed by atoms with Crippen LogP contribution in [0.1, 0.15) is 35.6 Å². The molecule has 0 bridgehead atoms. The molecule has 1 aromatic heterocycles. The molecule has 1 aliphatic carbocycles. The van der Waals surface area contributed by atoms with Crippen molar-refractivity contribution in [1.82, 2.24) is 4.57 Å². The molecule has 1 unspecified atom stereocenters. The minimum Gasteiger partial charge on any atom is -0.388 e. The summed E-state index contributed by atoms with van der Waals surface area (Å²) in [5.41, 5.74) is 2.85. The van der Waals surface area contributed by atoms with Crippen LogP contribution in [0.3, 0.4) is 0 Å². The van der Waals surface area contributed by atoms with E-state index in [4.69, 9.17) is 5.26 Å². The molecule has 1 heterocycles. The highest BCUT2D eigenvalue weighted by molar-refractivity contribution is 5.32. The summed E-state index contributed by atoms with van der Waals surface area (Å²) < 4.78 is 2.07. The summed E-state index contributed by atoms with van der Waals surface area (Å²) in [5, 5.41) is 18.8. The molecular formula is C16H16N2O. The van der Waals surface area contributed by atoms with Crippen LogP contribution >= 0.6 is 0 Å². The van der Waals surface area contributed by atoms with Crippen LogP contribution < -0.4 is 0 Å². The molecule has 3 heteroatoms. The van der Waals surface area contributed by atoms with Crippen LogP contribution in [0.5, 0.6) is 0 Å². The van der Waals surface area contributed by atoms with Crippen molar-refractivity contribution in [2.24, 2.45) is 5.92 Å². The Balaban J connectivity index is 1.70. The van der Waals surface area contributed by atoms with E-state index in [0.717, 1.165) is 30.5 Å². The van der Waals surface area contributed by atoms with Crippen LogP contribution in [0.15, 0.2) is 42.7 Å². The molecule has 96 valence electrons. The van der Waals surface area contributed by atoms with Gasteiger partial charge in [0.2, 0.25) is 0 Å². The summed E-state index contributed by atoms with van der Waals surface area (Å²) in [4.78, 5) is 0. The molecule has 3 nitrogen and oxygen atoms in total. The second-order valence-corrected chi connectivity index (χ2v) is 5.21. The SMILES string of the molecule is N#Cc1ccc(Cn2ccc(C(O)C3CC3)c2)cc1. The van der Waals surface area contributed by atoms with Gasteiger partial charge in [-0.05, 0) is 48.1 Å². The van der Waals surface area contributed by atoms with Gasteiger partial charge in [-0.15, -0.1) is 0 Å². The highest BCUT2D eigenvalue weighted by Crippen LogP contribution is 2.40. The molecule has 1 aliphatic rings. The Kier molecular flexibility index (Phi) is 3.10. The predicted molar refractivity (Wildman–Crippen MR) is 72.4 cm³/mol. The van der Waals surface area contributed by atoms with E-state index in [1.807, 2.05) is 42.7 Å². The first kappa shape index (κ1) is 12.0. The monoisotopic (exact) mass is 252 g/mol. The Hall–Kier alpha value is -2.05. The van der Waals surface area contributed by atoms with Gasteiger partial charge in [0.05, 0.1) is 17.7 Å². The lowest BCUT2D eigenvalue weighted by Crippen LogP contribution is -1.99. The molecule has 1 saturated carbocycles. The second kappa shape index (κ2) is 4.91. The van der Waals surface area contributed by atoms with E-state index >= 15 is 0 Å². The van der Waals surface area contributed by atoms with Crippen LogP contribution in [0.2, 0.25) is 0 Å². The quantitative estimate of drug-likeness (QED) is 0.909. The highest BCUT2D eigenvalue weighted by Gasteiger charge is 2.31. The Morgan fingerprint density at radius 1 is 1.26 bits per heavy atom. The Bertz CT molecular complexity index is 602. The van der Waals surface area contributed by atoms with Gasteiger partial charge in [-0.2, -0.15) is 5.26 Å². The van der Waals surface area contributed by atoms with Gasteiger partial charge in [-0.25, -0.2) is 0 Å². The zero-order valence-electron chi connectivity index (χ0n) is 10.7. The maximum atomic E-state index is 10.1. The van der Waals surface area contributed by atoms with Crippen LogP contribution in [0.25, 0.3) is 0 Å². The zero-order chi connectivity index (χ0) is 13.2. The van der Waals surface area contributed by atoms with Gasteiger partial charge in [0.1, 0.15) is 0 Å². The fourth-order valence-corrected chi connectivity index (χ4v) is 2.31. The van der Waals surface area contributed by atoms with E-state index in [1.165, 1.54) is 0 Å². The molecule has 1 fully saturated rings. The van der Waals surface area contributed by atoms with Crippen LogP contribution in [0.4, 0.5) is 0 Å². The highest BCUT2D eigenvalue weighted by atomic mass is 16.3. The fourth-order valence-electron chi connectivity index (χ4n) is 2.31. The molecule has 0 radical (unpaired) electrons. The summed E-state index contributed by atoms with van der Waals surface area (Å²) in [6.45, 7) is 0.767. The van der Waals surface area contributed by atoms with Gasteiger partial charge in [-0.3, -0.25) is 0 Å². The molecule has 0 amide bonds. The largest absolute Gasteiger partial charge is 0.388 e. The molecule has 1 atom stereocenters. The topological polar surface area (TPSA) is 49.0 Å². The average molecular weight is 252 g/mol. The van der Waals surface area contributed by atoms with E-state index in [1.54, 1.807) is 0 Å². The van der Waals surface area contributed by atoms with E-state index in [0.29, 0.717) is 11.5 Å². The minimum atomic E-state index is -0.304. The van der Waals surface area contributed by atoms with E-state index in [9.17, 15) is 5.11 Å². The van der Waals surface area contributed by atoms with Gasteiger partial charge in [0, 0.05) is 18.9 Å². The average Bonchev–Trinajstić information content (AvgIpc) is 3.19. The lowest BCUT2D eigenvalue weighted by molar-refractivity contribution is 0.154. The van der Waals surface area contributed by atoms with Gasteiger partial charge >= 0.3 is 0 Å². The van der Waals surface area contributed by atoms with E-state index in [2.05, 4.69) is 10.6 Å². The molecule has 1 aromatic carbocycles. The number of benzene rings is 1. The lowest BCUT2D eigenvalue weighted by Gasteiger charge is -2.06. The molecule has 0 spiro atoms. The number of hydrogen-bond acceptors (Lipinski definition) is 2. The van der Waals surface area contributed by atoms with Gasteiger partial charge in [0.25, 0.3) is 0 Å². The van der Waals surface area contributed by atoms with E-state index < -0.39 is 0 Å². The normalized spacial score (nSPS) is 16.0. The number of hydrogen-bond donors (Lipinski definition) is 1. The summed E-state index contributed by atoms with van der Waals surface area (Å²) in [6, 6.07) is 11.7. The van der Waals surface area contributed by atoms with Crippen molar-refractivity contribution >= 4 is 0 Å². The summed E-state index contributed by atoms with van der Waals surface area (Å²) in [5.74, 6) is 0.464. The van der Waals surface area contributed by atoms with Crippen LogP contribution in [-0.4, -0.2) is 9.67 Å². The van der Waals surface area contributed by atoms with Crippen molar-refractivity contribution in [1.29, 1.82) is 5.26 Å². The molecule has 19 heavy (non-hydrogen) atoms. The van der Waals surface area contributed by atoms with Gasteiger partial charge < -0.3 is 9.67 Å². The number of aliphatic hydroxyl groups excluding tert-OH is 1. The molecule has 0 aliphatic heterocycles. The third-order valence-corrected chi connectivity index (χ3v) is 3.63. The third-order valence-electron chi connectivity index (χ3n) is 3.63. The fraction of sp³-hybridized carbons (Fsp3) is 0.312. The summed E-state index contributed by atoms with van der Waals surface area (Å²) in [6.07, 6.45) is 5.99. The molecule has 1 N–H and O–H groups in total. The number of rotatable bonds is 4. The summed E-state index contributed by atoms with van der Waals surface area (Å²) in [7, 11) is 0. The molecule has 2 aromatic rings. The van der Waals surface area contributed by atoms with E-state index in [-0.39, 0.29) is 6.10 Å².